The van der Waals surface area contributed by atoms with E-state index in [-0.39, 0.29) is 0 Å². The van der Waals surface area contributed by atoms with Crippen molar-refractivity contribution in [3.63, 3.8) is 0 Å². The Morgan fingerprint density at radius 3 is 2.71 bits per heavy atom. The Morgan fingerprint density at radius 2 is 2.21 bits per heavy atom. The molecule has 0 bridgehead atoms. The molecule has 2 unspecified atom stereocenters. The highest BCUT2D eigenvalue weighted by molar-refractivity contribution is 4.91. The zero-order valence-corrected chi connectivity index (χ0v) is 9.62. The first kappa shape index (κ1) is 11.2. The van der Waals surface area contributed by atoms with Gasteiger partial charge in [-0.2, -0.15) is 0 Å². The summed E-state index contributed by atoms with van der Waals surface area (Å²) < 4.78 is 2.09. The first-order valence-corrected chi connectivity index (χ1v) is 5.28. The first-order chi connectivity index (χ1) is 6.65. The first-order valence-electron chi connectivity index (χ1n) is 5.28. The molecule has 1 aromatic rings. The van der Waals surface area contributed by atoms with E-state index in [1.807, 2.05) is 19.4 Å². The molecule has 0 spiro atoms. The largest absolute Gasteiger partial charge is 0.338 e. The van der Waals surface area contributed by atoms with Crippen molar-refractivity contribution in [2.24, 2.45) is 13.0 Å². The standard InChI is InChI=1S/C11H21N3/c1-9(10(2)12-3)5-6-11-13-7-8-14(11)4/h7-10,12H,5-6H2,1-4H3. The second-order valence-corrected chi connectivity index (χ2v) is 4.05. The lowest BCUT2D eigenvalue weighted by molar-refractivity contribution is 0.397. The minimum absolute atomic E-state index is 0.579. The Morgan fingerprint density at radius 1 is 1.50 bits per heavy atom. The molecule has 14 heavy (non-hydrogen) atoms. The van der Waals surface area contributed by atoms with Gasteiger partial charge in [-0.1, -0.05) is 6.92 Å². The normalized spacial score (nSPS) is 15.4. The van der Waals surface area contributed by atoms with Gasteiger partial charge < -0.3 is 9.88 Å². The summed E-state index contributed by atoms with van der Waals surface area (Å²) in [7, 11) is 4.07. The molecule has 0 aliphatic carbocycles. The lowest BCUT2D eigenvalue weighted by Crippen LogP contribution is -2.29. The van der Waals surface area contributed by atoms with Gasteiger partial charge in [-0.15, -0.1) is 0 Å². The zero-order chi connectivity index (χ0) is 10.6. The van der Waals surface area contributed by atoms with Crippen LogP contribution in [0.15, 0.2) is 12.4 Å². The molecular formula is C11H21N3. The van der Waals surface area contributed by atoms with Gasteiger partial charge in [0.05, 0.1) is 0 Å². The fourth-order valence-corrected chi connectivity index (χ4v) is 1.53. The van der Waals surface area contributed by atoms with Crippen LogP contribution in [0.25, 0.3) is 0 Å². The summed E-state index contributed by atoms with van der Waals surface area (Å²) in [5, 5.41) is 3.28. The van der Waals surface area contributed by atoms with Gasteiger partial charge in [0.2, 0.25) is 0 Å². The number of nitrogens with zero attached hydrogens (tertiary/aromatic N) is 2. The minimum atomic E-state index is 0.579. The molecular weight excluding hydrogens is 174 g/mol. The van der Waals surface area contributed by atoms with Crippen molar-refractivity contribution in [1.82, 2.24) is 14.9 Å². The number of imidazole rings is 1. The van der Waals surface area contributed by atoms with E-state index in [0.29, 0.717) is 12.0 Å². The van der Waals surface area contributed by atoms with E-state index in [4.69, 9.17) is 0 Å². The Bertz CT molecular complexity index is 267. The van der Waals surface area contributed by atoms with Crippen molar-refractivity contribution < 1.29 is 0 Å². The van der Waals surface area contributed by atoms with Gasteiger partial charge in [0, 0.05) is 31.9 Å². The van der Waals surface area contributed by atoms with Crippen LogP contribution < -0.4 is 5.32 Å². The van der Waals surface area contributed by atoms with Crippen LogP contribution in [0, 0.1) is 5.92 Å². The van der Waals surface area contributed by atoms with Crippen LogP contribution in [0.5, 0.6) is 0 Å². The molecule has 1 rings (SSSR count). The summed E-state index contributed by atoms with van der Waals surface area (Å²) in [5.41, 5.74) is 0. The van der Waals surface area contributed by atoms with Crippen molar-refractivity contribution in [2.75, 3.05) is 7.05 Å². The van der Waals surface area contributed by atoms with E-state index in [9.17, 15) is 0 Å². The lowest BCUT2D eigenvalue weighted by Gasteiger charge is -2.18. The fourth-order valence-electron chi connectivity index (χ4n) is 1.53. The SMILES string of the molecule is CNC(C)C(C)CCc1nccn1C. The molecule has 3 heteroatoms. The number of nitrogens with one attached hydrogen (secondary N) is 1. The monoisotopic (exact) mass is 195 g/mol. The Balaban J connectivity index is 2.37. The molecule has 1 N–H and O–H groups in total. The number of hydrogen-bond acceptors (Lipinski definition) is 2. The highest BCUT2D eigenvalue weighted by Crippen LogP contribution is 2.11. The van der Waals surface area contributed by atoms with Gasteiger partial charge in [0.1, 0.15) is 5.82 Å². The second-order valence-electron chi connectivity index (χ2n) is 4.05. The van der Waals surface area contributed by atoms with Crippen LogP contribution in [-0.2, 0) is 13.5 Å². The quantitative estimate of drug-likeness (QED) is 0.773. The molecule has 1 aromatic heterocycles. The van der Waals surface area contributed by atoms with E-state index < -0.39 is 0 Å². The summed E-state index contributed by atoms with van der Waals surface area (Å²) in [6.45, 7) is 4.51. The van der Waals surface area contributed by atoms with E-state index in [2.05, 4.69) is 35.8 Å². The number of rotatable bonds is 5. The summed E-state index contributed by atoms with van der Waals surface area (Å²) in [6, 6.07) is 0.579. The van der Waals surface area contributed by atoms with Crippen LogP contribution in [0.2, 0.25) is 0 Å². The maximum absolute atomic E-state index is 4.32. The van der Waals surface area contributed by atoms with Gasteiger partial charge in [-0.3, -0.25) is 0 Å². The summed E-state index contributed by atoms with van der Waals surface area (Å²) >= 11 is 0. The van der Waals surface area contributed by atoms with Crippen LogP contribution >= 0.6 is 0 Å². The van der Waals surface area contributed by atoms with Crippen molar-refractivity contribution >= 4 is 0 Å². The second kappa shape index (κ2) is 5.15. The van der Waals surface area contributed by atoms with Crippen molar-refractivity contribution in [2.45, 2.75) is 32.7 Å². The van der Waals surface area contributed by atoms with Gasteiger partial charge >= 0.3 is 0 Å². The van der Waals surface area contributed by atoms with Crippen molar-refractivity contribution in [3.05, 3.63) is 18.2 Å². The molecule has 0 saturated heterocycles. The van der Waals surface area contributed by atoms with Crippen molar-refractivity contribution in [3.8, 4) is 0 Å². The topological polar surface area (TPSA) is 29.9 Å². The third-order valence-corrected chi connectivity index (χ3v) is 3.05. The summed E-state index contributed by atoms with van der Waals surface area (Å²) in [6.07, 6.45) is 6.12. The van der Waals surface area contributed by atoms with Gasteiger partial charge in [0.15, 0.2) is 0 Å². The van der Waals surface area contributed by atoms with Gasteiger partial charge in [-0.25, -0.2) is 4.98 Å². The Labute approximate surface area is 86.5 Å². The van der Waals surface area contributed by atoms with Crippen LogP contribution in [0.3, 0.4) is 0 Å². The predicted molar refractivity (Wildman–Crippen MR) is 59.2 cm³/mol. The van der Waals surface area contributed by atoms with E-state index >= 15 is 0 Å². The molecule has 0 radical (unpaired) electrons. The average Bonchev–Trinajstić information content (AvgIpc) is 2.59. The maximum Gasteiger partial charge on any atom is 0.108 e. The molecule has 0 aliphatic rings. The third kappa shape index (κ3) is 2.84. The summed E-state index contributed by atoms with van der Waals surface area (Å²) in [5.74, 6) is 1.87. The third-order valence-electron chi connectivity index (χ3n) is 3.05. The van der Waals surface area contributed by atoms with Gasteiger partial charge in [0.25, 0.3) is 0 Å². The molecule has 0 saturated carbocycles. The van der Waals surface area contributed by atoms with Crippen LogP contribution in [0.1, 0.15) is 26.1 Å². The molecule has 0 fully saturated rings. The fraction of sp³-hybridized carbons (Fsp3) is 0.727. The molecule has 1 heterocycles. The number of hydrogen-bond donors (Lipinski definition) is 1. The smallest absolute Gasteiger partial charge is 0.108 e. The Kier molecular flexibility index (Phi) is 4.14. The predicted octanol–water partition coefficient (Wildman–Crippen LogP) is 1.60. The van der Waals surface area contributed by atoms with Crippen molar-refractivity contribution in [1.29, 1.82) is 0 Å². The molecule has 0 aliphatic heterocycles. The van der Waals surface area contributed by atoms with Crippen LogP contribution in [-0.4, -0.2) is 22.6 Å². The van der Waals surface area contributed by atoms with Crippen LogP contribution in [0.4, 0.5) is 0 Å². The molecule has 0 aromatic carbocycles. The lowest BCUT2D eigenvalue weighted by atomic mass is 9.98. The van der Waals surface area contributed by atoms with Gasteiger partial charge in [-0.05, 0) is 26.3 Å². The van der Waals surface area contributed by atoms with E-state index in [0.717, 1.165) is 6.42 Å². The Hall–Kier alpha value is -0.830. The zero-order valence-electron chi connectivity index (χ0n) is 9.62. The highest BCUT2D eigenvalue weighted by atomic mass is 15.0. The van der Waals surface area contributed by atoms with E-state index in [1.54, 1.807) is 0 Å². The van der Waals surface area contributed by atoms with E-state index in [1.165, 1.54) is 12.2 Å². The minimum Gasteiger partial charge on any atom is -0.338 e. The highest BCUT2D eigenvalue weighted by Gasteiger charge is 2.10. The molecule has 80 valence electrons. The number of aromatic nitrogens is 2. The summed E-state index contributed by atoms with van der Waals surface area (Å²) in [4.78, 5) is 4.32. The number of aryl methyl sites for hydroxylation is 2. The average molecular weight is 195 g/mol. The maximum atomic E-state index is 4.32. The molecule has 2 atom stereocenters. The molecule has 0 amide bonds. The molecule has 3 nitrogen and oxygen atoms in total.